The van der Waals surface area contributed by atoms with E-state index < -0.39 is 17.9 Å². The molecule has 1 amide bonds. The Morgan fingerprint density at radius 1 is 1.25 bits per heavy atom. The van der Waals surface area contributed by atoms with E-state index in [1.165, 1.54) is 5.43 Å². The van der Waals surface area contributed by atoms with E-state index in [1.54, 1.807) is 0 Å². The minimum absolute atomic E-state index is 0.0994. The van der Waals surface area contributed by atoms with Gasteiger partial charge in [-0.05, 0) is 6.08 Å². The van der Waals surface area contributed by atoms with Crippen molar-refractivity contribution >= 4 is 11.7 Å². The highest BCUT2D eigenvalue weighted by molar-refractivity contribution is 6.00. The monoisotopic (exact) mass is 182 g/mol. The average molecular weight is 182 g/mol. The van der Waals surface area contributed by atoms with Gasteiger partial charge in [0.15, 0.2) is 0 Å². The first-order valence-electron chi connectivity index (χ1n) is 2.67. The van der Waals surface area contributed by atoms with E-state index in [0.717, 1.165) is 0 Å². The topological polar surface area (TPSA) is 72.2 Å². The van der Waals surface area contributed by atoms with E-state index in [2.05, 4.69) is 5.84 Å². The highest BCUT2D eigenvalue weighted by Crippen LogP contribution is 2.15. The molecule has 3 N–H and O–H groups in total. The molecule has 0 unspecified atom stereocenters. The minimum atomic E-state index is -4.95. The van der Waals surface area contributed by atoms with Crippen molar-refractivity contribution in [2.45, 2.75) is 6.18 Å². The van der Waals surface area contributed by atoms with E-state index >= 15 is 0 Å². The summed E-state index contributed by atoms with van der Waals surface area (Å²) in [6, 6.07) is 0. The molecule has 0 spiro atoms. The van der Waals surface area contributed by atoms with E-state index in [0.29, 0.717) is 6.08 Å². The van der Waals surface area contributed by atoms with Gasteiger partial charge in [-0.15, -0.1) is 0 Å². The van der Waals surface area contributed by atoms with E-state index in [4.69, 9.17) is 0 Å². The highest BCUT2D eigenvalue weighted by atomic mass is 19.4. The number of rotatable bonds is 2. The number of alkyl halides is 3. The van der Waals surface area contributed by atoms with Crippen molar-refractivity contribution in [1.82, 2.24) is 5.43 Å². The van der Waals surface area contributed by atoms with Gasteiger partial charge < -0.3 is 0 Å². The third kappa shape index (κ3) is 3.71. The van der Waals surface area contributed by atoms with E-state index in [1.807, 2.05) is 0 Å². The van der Waals surface area contributed by atoms with Crippen LogP contribution in [-0.2, 0) is 9.59 Å². The molecule has 0 atom stereocenters. The summed E-state index contributed by atoms with van der Waals surface area (Å²) in [5.41, 5.74) is 1.53. The maximum Gasteiger partial charge on any atom is 0.454 e. The molecule has 0 aliphatic heterocycles. The number of ketones is 1. The van der Waals surface area contributed by atoms with Crippen molar-refractivity contribution in [1.29, 1.82) is 0 Å². The Morgan fingerprint density at radius 3 is 2.08 bits per heavy atom. The van der Waals surface area contributed by atoms with Gasteiger partial charge in [-0.2, -0.15) is 13.2 Å². The molecule has 0 heterocycles. The molecule has 0 aromatic carbocycles. The lowest BCUT2D eigenvalue weighted by atomic mass is 10.3. The van der Waals surface area contributed by atoms with Crippen LogP contribution in [0.4, 0.5) is 13.2 Å². The van der Waals surface area contributed by atoms with Gasteiger partial charge in [-0.3, -0.25) is 15.0 Å². The van der Waals surface area contributed by atoms with Crippen LogP contribution in [0.3, 0.4) is 0 Å². The summed E-state index contributed by atoms with van der Waals surface area (Å²) in [7, 11) is 0. The van der Waals surface area contributed by atoms with Crippen LogP contribution in [0.5, 0.6) is 0 Å². The average Bonchev–Trinajstić information content (AvgIpc) is 1.97. The fourth-order valence-corrected chi connectivity index (χ4v) is 0.294. The number of nitrogens with one attached hydrogen (secondary N) is 1. The molecule has 0 saturated carbocycles. The normalized spacial score (nSPS) is 11.7. The number of hydrogen-bond donors (Lipinski definition) is 2. The number of hydrazine groups is 1. The van der Waals surface area contributed by atoms with Crippen LogP contribution in [-0.4, -0.2) is 17.9 Å². The standard InChI is InChI=1S/C5H5F3N2O2/c6-5(7,8)3(11)1-2-4(12)10-9/h1-2H,9H2,(H,10,12). The summed E-state index contributed by atoms with van der Waals surface area (Å²) in [6.45, 7) is 0. The summed E-state index contributed by atoms with van der Waals surface area (Å²) in [5, 5.41) is 0. The van der Waals surface area contributed by atoms with Crippen molar-refractivity contribution in [3.8, 4) is 0 Å². The van der Waals surface area contributed by atoms with Crippen LogP contribution >= 0.6 is 0 Å². The van der Waals surface area contributed by atoms with Crippen molar-refractivity contribution in [2.24, 2.45) is 5.84 Å². The molecule has 0 radical (unpaired) electrons. The van der Waals surface area contributed by atoms with Crippen molar-refractivity contribution in [3.63, 3.8) is 0 Å². The largest absolute Gasteiger partial charge is 0.454 e. The Hall–Kier alpha value is -1.37. The number of carbonyl (C=O) groups excluding carboxylic acids is 2. The molecule has 0 fully saturated rings. The summed E-state index contributed by atoms with van der Waals surface area (Å²) in [4.78, 5) is 20.3. The summed E-state index contributed by atoms with van der Waals surface area (Å²) in [6.07, 6.45) is -4.45. The third-order valence-electron chi connectivity index (χ3n) is 0.808. The van der Waals surface area contributed by atoms with E-state index in [-0.39, 0.29) is 6.08 Å². The summed E-state index contributed by atoms with van der Waals surface area (Å²) >= 11 is 0. The van der Waals surface area contributed by atoms with Gasteiger partial charge in [0.1, 0.15) is 0 Å². The zero-order valence-electron chi connectivity index (χ0n) is 5.68. The maximum absolute atomic E-state index is 11.4. The predicted molar refractivity (Wildman–Crippen MR) is 32.5 cm³/mol. The number of allylic oxidation sites excluding steroid dienone is 1. The molecular formula is C5H5F3N2O2. The van der Waals surface area contributed by atoms with Gasteiger partial charge in [0.05, 0.1) is 0 Å². The molecule has 0 rings (SSSR count). The van der Waals surface area contributed by atoms with Crippen LogP contribution < -0.4 is 11.3 Å². The lowest BCUT2D eigenvalue weighted by molar-refractivity contribution is -0.165. The zero-order chi connectivity index (χ0) is 9.78. The fraction of sp³-hybridized carbons (Fsp3) is 0.200. The Labute approximate surface area is 65.2 Å². The molecule has 12 heavy (non-hydrogen) atoms. The zero-order valence-corrected chi connectivity index (χ0v) is 5.68. The number of carbonyl (C=O) groups is 2. The molecule has 7 heteroatoms. The molecule has 0 aromatic rings. The molecular weight excluding hydrogens is 177 g/mol. The van der Waals surface area contributed by atoms with Crippen LogP contribution in [0, 0.1) is 0 Å². The minimum Gasteiger partial charge on any atom is -0.291 e. The van der Waals surface area contributed by atoms with Gasteiger partial charge >= 0.3 is 6.18 Å². The highest BCUT2D eigenvalue weighted by Gasteiger charge is 2.36. The quantitative estimate of drug-likeness (QED) is 0.265. The number of nitrogens with two attached hydrogens (primary N) is 1. The first-order chi connectivity index (χ1) is 5.38. The van der Waals surface area contributed by atoms with Crippen LogP contribution in [0.1, 0.15) is 0 Å². The second-order valence-electron chi connectivity index (χ2n) is 1.70. The summed E-state index contributed by atoms with van der Waals surface area (Å²) < 4.78 is 34.3. The number of halogens is 3. The van der Waals surface area contributed by atoms with E-state index in [9.17, 15) is 22.8 Å². The van der Waals surface area contributed by atoms with Gasteiger partial charge in [0.25, 0.3) is 11.7 Å². The predicted octanol–water partition coefficient (Wildman–Crippen LogP) is -0.336. The van der Waals surface area contributed by atoms with Gasteiger partial charge in [-0.25, -0.2) is 5.84 Å². The molecule has 0 saturated heterocycles. The van der Waals surface area contributed by atoms with Crippen LogP contribution in [0.2, 0.25) is 0 Å². The Morgan fingerprint density at radius 2 is 1.75 bits per heavy atom. The number of hydrogen-bond acceptors (Lipinski definition) is 3. The molecule has 4 nitrogen and oxygen atoms in total. The molecule has 68 valence electrons. The molecule has 0 aliphatic carbocycles. The van der Waals surface area contributed by atoms with Gasteiger partial charge in [0, 0.05) is 6.08 Å². The van der Waals surface area contributed by atoms with Crippen LogP contribution in [0.25, 0.3) is 0 Å². The van der Waals surface area contributed by atoms with Crippen molar-refractivity contribution in [3.05, 3.63) is 12.2 Å². The number of amides is 1. The second kappa shape index (κ2) is 3.86. The first kappa shape index (κ1) is 10.6. The Bertz CT molecular complexity index is 221. The second-order valence-corrected chi connectivity index (χ2v) is 1.70. The van der Waals surface area contributed by atoms with Gasteiger partial charge in [0.2, 0.25) is 0 Å². The maximum atomic E-state index is 11.4. The fourth-order valence-electron chi connectivity index (χ4n) is 0.294. The first-order valence-corrected chi connectivity index (χ1v) is 2.67. The van der Waals surface area contributed by atoms with Crippen molar-refractivity contribution in [2.75, 3.05) is 0 Å². The molecule has 0 aromatic heterocycles. The third-order valence-corrected chi connectivity index (χ3v) is 0.808. The molecule has 0 aliphatic rings. The smallest absolute Gasteiger partial charge is 0.291 e. The Kier molecular flexibility index (Phi) is 3.42. The van der Waals surface area contributed by atoms with Crippen LogP contribution in [0.15, 0.2) is 12.2 Å². The lowest BCUT2D eigenvalue weighted by Gasteiger charge is -1.98. The lowest BCUT2D eigenvalue weighted by Crippen LogP contribution is -2.29. The van der Waals surface area contributed by atoms with Crippen molar-refractivity contribution < 1.29 is 22.8 Å². The Balaban J connectivity index is 4.19. The summed E-state index contributed by atoms with van der Waals surface area (Å²) in [5.74, 6) is 1.44. The SMILES string of the molecule is NNC(=O)C=CC(=O)C(F)(F)F. The molecule has 0 bridgehead atoms. The van der Waals surface area contributed by atoms with Gasteiger partial charge in [-0.1, -0.05) is 0 Å².